The van der Waals surface area contributed by atoms with Crippen LogP contribution >= 0.6 is 0 Å². The molecule has 0 aliphatic carbocycles. The van der Waals surface area contributed by atoms with Gasteiger partial charge >= 0.3 is 12.2 Å². The van der Waals surface area contributed by atoms with Crippen molar-refractivity contribution in [2.24, 2.45) is 11.8 Å². The first kappa shape index (κ1) is 45.0. The number of imidazole rings is 2. The number of rotatable bonds is 12. The Balaban J connectivity index is 1.03. The van der Waals surface area contributed by atoms with Gasteiger partial charge in [0.05, 0.1) is 72.6 Å². The molecule has 352 valence electrons. The zero-order valence-corrected chi connectivity index (χ0v) is 38.5. The SMILES string of the molecule is CCc1cc(C2Oc3cc(-c4cnc([C@@H]5CCCN5C(=O)[C@@H](NC(=O)OC)C(C)C)[nH]4)cc(F)c3-c3cc4cc(-c5cnc([C@@H]6CCCN6C(=O)C(NC(=O)OC)C(C)C)[nH]5)ccc4n32)on1. The number of methoxy groups -OCH3 is 2. The number of hydrogen-bond acceptors (Lipinski definition) is 11. The lowest BCUT2D eigenvalue weighted by molar-refractivity contribution is -0.136. The largest absolute Gasteiger partial charge is 0.462 e. The van der Waals surface area contributed by atoms with E-state index in [-0.39, 0.29) is 41.3 Å². The standard InChI is InChI=1S/C48H55FN10O8/c1-8-29-21-38(67-56-29)46-59-33-14-13-26(31-22-50-42(52-31)34-11-9-15-57(34)44(60)40(24(2)3)54-47(62)64-6)17-28(33)19-36(59)39-30(49)18-27(20-37(39)66-46)32-23-51-43(53-32)35-12-10-16-58(35)45(61)41(25(4)5)55-48(63)65-7/h13-14,17-25,34-35,40-41,46H,8-12,15-16H2,1-7H3,(H,50,52)(H,51,53)(H,54,62)(H,55,63)/t34-,35-,40?,41-,46?/m0/s1. The Labute approximate surface area is 385 Å². The number of aryl methyl sites for hydroxylation is 1. The number of aromatic nitrogens is 6. The van der Waals surface area contributed by atoms with Gasteiger partial charge in [-0.05, 0) is 74.3 Å². The van der Waals surface area contributed by atoms with Crippen LogP contribution in [-0.2, 0) is 25.5 Å². The van der Waals surface area contributed by atoms with Crippen LogP contribution in [0.5, 0.6) is 5.75 Å². The quantitative estimate of drug-likeness (QED) is 0.0929. The summed E-state index contributed by atoms with van der Waals surface area (Å²) in [6.45, 7) is 10.5. The van der Waals surface area contributed by atoms with E-state index in [1.165, 1.54) is 20.3 Å². The Morgan fingerprint density at radius 1 is 0.806 bits per heavy atom. The lowest BCUT2D eigenvalue weighted by atomic mass is 10.0. The highest BCUT2D eigenvalue weighted by atomic mass is 19.1. The molecule has 18 nitrogen and oxygen atoms in total. The Kier molecular flexibility index (Phi) is 12.3. The molecule has 67 heavy (non-hydrogen) atoms. The van der Waals surface area contributed by atoms with E-state index in [1.54, 1.807) is 28.3 Å². The normalized spacial score (nSPS) is 18.7. The molecule has 4 amide bonds. The van der Waals surface area contributed by atoms with Crippen molar-refractivity contribution < 1.29 is 42.3 Å². The molecule has 3 aliphatic heterocycles. The van der Waals surface area contributed by atoms with Gasteiger partial charge in [-0.3, -0.25) is 14.2 Å². The Hall–Kier alpha value is -7.18. The Morgan fingerprint density at radius 3 is 1.93 bits per heavy atom. The summed E-state index contributed by atoms with van der Waals surface area (Å²) in [5.74, 6) is 0.649. The number of nitrogens with one attached hydrogen (secondary N) is 4. The van der Waals surface area contributed by atoms with E-state index >= 15 is 4.39 Å². The molecular formula is C48H55FN10O8. The third-order valence-corrected chi connectivity index (χ3v) is 13.1. The summed E-state index contributed by atoms with van der Waals surface area (Å²) >= 11 is 0. The summed E-state index contributed by atoms with van der Waals surface area (Å²) in [7, 11) is 2.53. The number of hydrogen-bond donors (Lipinski definition) is 4. The van der Waals surface area contributed by atoms with Crippen molar-refractivity contribution in [3.63, 3.8) is 0 Å². The highest BCUT2D eigenvalue weighted by Crippen LogP contribution is 2.48. The average Bonchev–Trinajstić information content (AvgIpc) is 4.18. The molecule has 5 atom stereocenters. The minimum atomic E-state index is -0.829. The Bertz CT molecular complexity index is 2840. The fraction of sp³-hybridized carbons (Fsp3) is 0.438. The van der Waals surface area contributed by atoms with Crippen LogP contribution in [0.1, 0.15) is 102 Å². The van der Waals surface area contributed by atoms with Crippen molar-refractivity contribution >= 4 is 34.9 Å². The summed E-state index contributed by atoms with van der Waals surface area (Å²) in [4.78, 5) is 71.5. The van der Waals surface area contributed by atoms with Crippen LogP contribution in [0.15, 0.2) is 59.4 Å². The summed E-state index contributed by atoms with van der Waals surface area (Å²) in [6.07, 6.45) is 4.74. The van der Waals surface area contributed by atoms with Gasteiger partial charge in [0.15, 0.2) is 5.76 Å². The third-order valence-electron chi connectivity index (χ3n) is 13.1. The molecule has 3 aliphatic rings. The van der Waals surface area contributed by atoms with Gasteiger partial charge in [-0.2, -0.15) is 0 Å². The predicted octanol–water partition coefficient (Wildman–Crippen LogP) is 7.81. The zero-order chi connectivity index (χ0) is 47.3. The molecule has 2 fully saturated rings. The minimum Gasteiger partial charge on any atom is -0.462 e. The van der Waals surface area contributed by atoms with Gasteiger partial charge in [0, 0.05) is 35.7 Å². The van der Waals surface area contributed by atoms with Crippen LogP contribution in [0, 0.1) is 17.7 Å². The van der Waals surface area contributed by atoms with Gasteiger partial charge in [-0.15, -0.1) is 0 Å². The molecule has 4 aromatic heterocycles. The number of H-pyrrole nitrogens is 2. The highest BCUT2D eigenvalue weighted by molar-refractivity contribution is 5.93. The number of carbonyl (C=O) groups excluding carboxylic acids is 4. The molecule has 6 aromatic rings. The molecule has 0 spiro atoms. The van der Waals surface area contributed by atoms with Crippen LogP contribution < -0.4 is 15.4 Å². The fourth-order valence-corrected chi connectivity index (χ4v) is 9.59. The molecule has 9 rings (SSSR count). The molecule has 2 aromatic carbocycles. The number of alkyl carbamates (subject to hydrolysis) is 2. The van der Waals surface area contributed by atoms with Crippen molar-refractivity contribution in [2.45, 2.75) is 97.1 Å². The number of halogens is 1. The number of fused-ring (bicyclic) bond motifs is 5. The molecule has 7 heterocycles. The second kappa shape index (κ2) is 18.2. The summed E-state index contributed by atoms with van der Waals surface area (Å²) in [6, 6.07) is 10.7. The first-order chi connectivity index (χ1) is 32.3. The van der Waals surface area contributed by atoms with E-state index in [2.05, 4.69) is 30.7 Å². The second-order valence-corrected chi connectivity index (χ2v) is 18.0. The van der Waals surface area contributed by atoms with E-state index in [0.717, 1.165) is 40.7 Å². The first-order valence-corrected chi connectivity index (χ1v) is 22.8. The summed E-state index contributed by atoms with van der Waals surface area (Å²) < 4.78 is 40.9. The van der Waals surface area contributed by atoms with Crippen molar-refractivity contribution in [1.82, 2.24) is 50.1 Å². The summed E-state index contributed by atoms with van der Waals surface area (Å²) in [5, 5.41) is 10.4. The number of amides is 4. The molecule has 19 heteroatoms. The van der Waals surface area contributed by atoms with E-state index in [4.69, 9.17) is 23.7 Å². The van der Waals surface area contributed by atoms with E-state index in [1.807, 2.05) is 69.5 Å². The molecule has 0 bridgehead atoms. The predicted molar refractivity (Wildman–Crippen MR) is 243 cm³/mol. The van der Waals surface area contributed by atoms with Crippen LogP contribution in [0.25, 0.3) is 44.7 Å². The van der Waals surface area contributed by atoms with E-state index in [0.29, 0.717) is 72.5 Å². The second-order valence-electron chi connectivity index (χ2n) is 18.0. The monoisotopic (exact) mass is 918 g/mol. The van der Waals surface area contributed by atoms with Crippen molar-refractivity contribution in [1.29, 1.82) is 0 Å². The lowest BCUT2D eigenvalue weighted by Crippen LogP contribution is -2.51. The minimum absolute atomic E-state index is 0.161. The topological polar surface area (TPSA) is 215 Å². The number of nitrogens with zero attached hydrogens (tertiary/aromatic N) is 6. The van der Waals surface area contributed by atoms with Gasteiger partial charge < -0.3 is 49.1 Å². The smallest absolute Gasteiger partial charge is 0.407 e. The zero-order valence-electron chi connectivity index (χ0n) is 38.5. The molecule has 2 unspecified atom stereocenters. The number of benzene rings is 2. The molecule has 0 radical (unpaired) electrons. The highest BCUT2D eigenvalue weighted by Gasteiger charge is 2.40. The maximum atomic E-state index is 16.8. The van der Waals surface area contributed by atoms with Crippen LogP contribution in [0.4, 0.5) is 14.0 Å². The van der Waals surface area contributed by atoms with Crippen LogP contribution in [-0.4, -0.2) is 103 Å². The van der Waals surface area contributed by atoms with Crippen LogP contribution in [0.2, 0.25) is 0 Å². The lowest BCUT2D eigenvalue weighted by Gasteiger charge is -2.30. The van der Waals surface area contributed by atoms with Gasteiger partial charge in [-0.25, -0.2) is 23.9 Å². The van der Waals surface area contributed by atoms with Crippen molar-refractivity contribution in [3.05, 3.63) is 83.8 Å². The van der Waals surface area contributed by atoms with E-state index < -0.39 is 36.3 Å². The van der Waals surface area contributed by atoms with Gasteiger partial charge in [0.25, 0.3) is 0 Å². The number of likely N-dealkylation sites (tertiary alicyclic amines) is 2. The Morgan fingerprint density at radius 2 is 1.39 bits per heavy atom. The number of aromatic amines is 2. The molecule has 0 saturated carbocycles. The van der Waals surface area contributed by atoms with Gasteiger partial charge in [0.1, 0.15) is 35.3 Å². The number of carbonyl (C=O) groups is 4. The van der Waals surface area contributed by atoms with E-state index in [9.17, 15) is 19.2 Å². The van der Waals surface area contributed by atoms with Gasteiger partial charge in [-0.1, -0.05) is 45.8 Å². The number of ether oxygens (including phenoxy) is 3. The van der Waals surface area contributed by atoms with Crippen molar-refractivity contribution in [3.8, 4) is 39.5 Å². The fourth-order valence-electron chi connectivity index (χ4n) is 9.59. The maximum absolute atomic E-state index is 16.8. The third kappa shape index (κ3) is 8.35. The first-order valence-electron chi connectivity index (χ1n) is 22.8. The van der Waals surface area contributed by atoms with Gasteiger partial charge in [0.2, 0.25) is 18.0 Å². The summed E-state index contributed by atoms with van der Waals surface area (Å²) in [5.41, 5.74) is 4.96. The molecular weight excluding hydrogens is 864 g/mol. The van der Waals surface area contributed by atoms with Crippen molar-refractivity contribution in [2.75, 3.05) is 27.3 Å². The molecule has 4 N–H and O–H groups in total. The van der Waals surface area contributed by atoms with Crippen LogP contribution in [0.3, 0.4) is 0 Å². The molecule has 2 saturated heterocycles. The maximum Gasteiger partial charge on any atom is 0.407 e. The average molecular weight is 919 g/mol.